The number of hydrogen-bond acceptors (Lipinski definition) is 3. The van der Waals surface area contributed by atoms with E-state index in [0.717, 1.165) is 18.7 Å². The van der Waals surface area contributed by atoms with E-state index in [1.165, 1.54) is 5.56 Å². The number of aromatic nitrogens is 1. The highest BCUT2D eigenvalue weighted by molar-refractivity contribution is 6.30. The van der Waals surface area contributed by atoms with Crippen LogP contribution in [0.15, 0.2) is 36.4 Å². The fourth-order valence-corrected chi connectivity index (χ4v) is 2.81. The molecular formula is C16H16ClN3O. The Morgan fingerprint density at radius 3 is 3.00 bits per heavy atom. The quantitative estimate of drug-likeness (QED) is 0.884. The molecule has 0 bridgehead atoms. The van der Waals surface area contributed by atoms with Crippen LogP contribution in [0.25, 0.3) is 0 Å². The second kappa shape index (κ2) is 5.74. The second-order valence-electron chi connectivity index (χ2n) is 4.93. The highest BCUT2D eigenvalue weighted by Gasteiger charge is 2.25. The number of rotatable bonds is 3. The standard InChI is InChI=1S/C16H16ClN3O/c1-2-18-15-10-12(9-14(17)19-15)16(21)20-8-7-11-5-3-4-6-13(11)20/h3-6,9-10H,2,7-8H2,1H3,(H,18,19). The van der Waals surface area contributed by atoms with Crippen molar-refractivity contribution in [2.75, 3.05) is 23.3 Å². The Morgan fingerprint density at radius 1 is 1.38 bits per heavy atom. The largest absolute Gasteiger partial charge is 0.370 e. The normalized spacial score (nSPS) is 13.1. The molecule has 4 nitrogen and oxygen atoms in total. The number of para-hydroxylation sites is 1. The van der Waals surface area contributed by atoms with Crippen molar-refractivity contribution in [2.24, 2.45) is 0 Å². The summed E-state index contributed by atoms with van der Waals surface area (Å²) in [5.74, 6) is 0.587. The Morgan fingerprint density at radius 2 is 2.19 bits per heavy atom. The summed E-state index contributed by atoms with van der Waals surface area (Å²) < 4.78 is 0. The molecule has 108 valence electrons. The SMILES string of the molecule is CCNc1cc(C(=O)N2CCc3ccccc32)cc(Cl)n1. The summed E-state index contributed by atoms with van der Waals surface area (Å²) in [6.45, 7) is 3.41. The number of carbonyl (C=O) groups is 1. The highest BCUT2D eigenvalue weighted by atomic mass is 35.5. The predicted octanol–water partition coefficient (Wildman–Crippen LogP) is 3.37. The van der Waals surface area contributed by atoms with Crippen LogP contribution in [-0.4, -0.2) is 24.0 Å². The lowest BCUT2D eigenvalue weighted by atomic mass is 10.2. The minimum atomic E-state index is -0.0385. The van der Waals surface area contributed by atoms with Crippen molar-refractivity contribution in [1.82, 2.24) is 4.98 Å². The third-order valence-electron chi connectivity index (χ3n) is 3.53. The van der Waals surface area contributed by atoms with E-state index in [1.807, 2.05) is 25.1 Å². The van der Waals surface area contributed by atoms with Gasteiger partial charge in [-0.25, -0.2) is 4.98 Å². The fourth-order valence-electron chi connectivity index (χ4n) is 2.60. The second-order valence-corrected chi connectivity index (χ2v) is 5.32. The molecule has 0 aliphatic carbocycles. The number of carbonyl (C=O) groups excluding carboxylic acids is 1. The zero-order valence-electron chi connectivity index (χ0n) is 11.8. The number of hydrogen-bond donors (Lipinski definition) is 1. The molecule has 0 radical (unpaired) electrons. The molecule has 2 aromatic rings. The smallest absolute Gasteiger partial charge is 0.258 e. The lowest BCUT2D eigenvalue weighted by Gasteiger charge is -2.18. The molecule has 2 heterocycles. The van der Waals surface area contributed by atoms with Gasteiger partial charge in [0.15, 0.2) is 0 Å². The maximum absolute atomic E-state index is 12.7. The van der Waals surface area contributed by atoms with Crippen LogP contribution in [0.4, 0.5) is 11.5 Å². The lowest BCUT2D eigenvalue weighted by Crippen LogP contribution is -2.29. The molecule has 1 aliphatic heterocycles. The summed E-state index contributed by atoms with van der Waals surface area (Å²) in [4.78, 5) is 18.7. The van der Waals surface area contributed by atoms with E-state index in [4.69, 9.17) is 11.6 Å². The first-order valence-corrected chi connectivity index (χ1v) is 7.38. The van der Waals surface area contributed by atoms with Crippen LogP contribution in [0.5, 0.6) is 0 Å². The van der Waals surface area contributed by atoms with Crippen molar-refractivity contribution >= 4 is 29.0 Å². The van der Waals surface area contributed by atoms with Crippen LogP contribution in [0.2, 0.25) is 5.15 Å². The topological polar surface area (TPSA) is 45.2 Å². The fraction of sp³-hybridized carbons (Fsp3) is 0.250. The van der Waals surface area contributed by atoms with Gasteiger partial charge in [0.2, 0.25) is 0 Å². The molecule has 21 heavy (non-hydrogen) atoms. The number of halogens is 1. The van der Waals surface area contributed by atoms with Crippen molar-refractivity contribution in [1.29, 1.82) is 0 Å². The summed E-state index contributed by atoms with van der Waals surface area (Å²) in [5.41, 5.74) is 2.75. The van der Waals surface area contributed by atoms with Gasteiger partial charge in [0, 0.05) is 24.3 Å². The summed E-state index contributed by atoms with van der Waals surface area (Å²) in [6, 6.07) is 11.4. The lowest BCUT2D eigenvalue weighted by molar-refractivity contribution is 0.0989. The van der Waals surface area contributed by atoms with E-state index in [2.05, 4.69) is 16.4 Å². The molecule has 0 unspecified atom stereocenters. The van der Waals surface area contributed by atoms with Gasteiger partial charge in [0.25, 0.3) is 5.91 Å². The average molecular weight is 302 g/mol. The van der Waals surface area contributed by atoms with Crippen LogP contribution in [-0.2, 0) is 6.42 Å². The van der Waals surface area contributed by atoms with Crippen LogP contribution >= 0.6 is 11.6 Å². The predicted molar refractivity (Wildman–Crippen MR) is 85.2 cm³/mol. The minimum absolute atomic E-state index is 0.0385. The molecule has 1 aliphatic rings. The van der Waals surface area contributed by atoms with E-state index in [0.29, 0.717) is 23.1 Å². The first-order valence-electron chi connectivity index (χ1n) is 7.00. The number of fused-ring (bicyclic) bond motifs is 1. The Balaban J connectivity index is 1.93. The Bertz CT molecular complexity index is 687. The van der Waals surface area contributed by atoms with Crippen molar-refractivity contribution in [2.45, 2.75) is 13.3 Å². The van der Waals surface area contributed by atoms with Gasteiger partial charge in [0.1, 0.15) is 11.0 Å². The van der Waals surface area contributed by atoms with Crippen LogP contribution in [0.3, 0.4) is 0 Å². The van der Waals surface area contributed by atoms with E-state index >= 15 is 0 Å². The molecular weight excluding hydrogens is 286 g/mol. The summed E-state index contributed by atoms with van der Waals surface area (Å²) in [7, 11) is 0. The summed E-state index contributed by atoms with van der Waals surface area (Å²) in [6.07, 6.45) is 0.890. The zero-order chi connectivity index (χ0) is 14.8. The van der Waals surface area contributed by atoms with E-state index in [-0.39, 0.29) is 5.91 Å². The Kier molecular flexibility index (Phi) is 3.80. The third kappa shape index (κ3) is 2.72. The van der Waals surface area contributed by atoms with E-state index < -0.39 is 0 Å². The van der Waals surface area contributed by atoms with Gasteiger partial charge in [-0.15, -0.1) is 0 Å². The minimum Gasteiger partial charge on any atom is -0.370 e. The average Bonchev–Trinajstić information content (AvgIpc) is 2.90. The molecule has 1 N–H and O–H groups in total. The van der Waals surface area contributed by atoms with Gasteiger partial charge in [-0.1, -0.05) is 29.8 Å². The first kappa shape index (κ1) is 13.9. The zero-order valence-corrected chi connectivity index (χ0v) is 12.5. The monoisotopic (exact) mass is 301 g/mol. The van der Waals surface area contributed by atoms with Gasteiger partial charge in [-0.3, -0.25) is 4.79 Å². The highest BCUT2D eigenvalue weighted by Crippen LogP contribution is 2.29. The Hall–Kier alpha value is -2.07. The maximum atomic E-state index is 12.7. The number of nitrogens with one attached hydrogen (secondary N) is 1. The molecule has 0 fully saturated rings. The van der Waals surface area contributed by atoms with E-state index in [1.54, 1.807) is 17.0 Å². The number of amides is 1. The van der Waals surface area contributed by atoms with Crippen LogP contribution in [0, 0.1) is 0 Å². The van der Waals surface area contributed by atoms with Crippen LogP contribution in [0.1, 0.15) is 22.8 Å². The van der Waals surface area contributed by atoms with Gasteiger partial charge in [-0.2, -0.15) is 0 Å². The number of nitrogens with zero attached hydrogens (tertiary/aromatic N) is 2. The van der Waals surface area contributed by atoms with Crippen molar-refractivity contribution in [3.63, 3.8) is 0 Å². The van der Waals surface area contributed by atoms with Gasteiger partial charge < -0.3 is 10.2 Å². The number of anilines is 2. The molecule has 0 saturated heterocycles. The Labute approximate surface area is 128 Å². The molecule has 1 aromatic heterocycles. The van der Waals surface area contributed by atoms with E-state index in [9.17, 15) is 4.79 Å². The summed E-state index contributed by atoms with van der Waals surface area (Å²) >= 11 is 6.01. The van der Waals surface area contributed by atoms with Gasteiger partial charge in [0.05, 0.1) is 0 Å². The van der Waals surface area contributed by atoms with Crippen molar-refractivity contribution in [3.8, 4) is 0 Å². The van der Waals surface area contributed by atoms with Gasteiger partial charge in [-0.05, 0) is 37.1 Å². The third-order valence-corrected chi connectivity index (χ3v) is 3.72. The molecule has 0 spiro atoms. The van der Waals surface area contributed by atoms with Crippen molar-refractivity contribution < 1.29 is 4.79 Å². The molecule has 0 atom stereocenters. The van der Waals surface area contributed by atoms with Crippen molar-refractivity contribution in [3.05, 3.63) is 52.7 Å². The summed E-state index contributed by atoms with van der Waals surface area (Å²) in [5, 5.41) is 3.41. The molecule has 1 aromatic carbocycles. The van der Waals surface area contributed by atoms with Gasteiger partial charge >= 0.3 is 0 Å². The molecule has 0 saturated carbocycles. The molecule has 5 heteroatoms. The number of benzene rings is 1. The molecule has 3 rings (SSSR count). The number of pyridine rings is 1. The maximum Gasteiger partial charge on any atom is 0.258 e. The van der Waals surface area contributed by atoms with Crippen LogP contribution < -0.4 is 10.2 Å². The molecule has 1 amide bonds. The first-order chi connectivity index (χ1) is 10.2.